The first-order valence-electron chi connectivity index (χ1n) is 10.1. The highest BCUT2D eigenvalue weighted by molar-refractivity contribution is 6.09. The lowest BCUT2D eigenvalue weighted by Gasteiger charge is -2.23. The molecule has 1 atom stereocenters. The van der Waals surface area contributed by atoms with E-state index in [0.717, 1.165) is 25.2 Å². The lowest BCUT2D eigenvalue weighted by Crippen LogP contribution is -2.30. The fourth-order valence-corrected chi connectivity index (χ4v) is 4.03. The third-order valence-corrected chi connectivity index (χ3v) is 5.59. The zero-order chi connectivity index (χ0) is 22.1. The van der Waals surface area contributed by atoms with Crippen molar-refractivity contribution in [2.24, 2.45) is 5.73 Å². The van der Waals surface area contributed by atoms with E-state index in [-0.39, 0.29) is 5.65 Å². The van der Waals surface area contributed by atoms with E-state index in [2.05, 4.69) is 20.5 Å². The maximum Gasteiger partial charge on any atom is 0.257 e. The van der Waals surface area contributed by atoms with Crippen LogP contribution >= 0.6 is 0 Å². The molecule has 1 fully saturated rings. The van der Waals surface area contributed by atoms with Crippen molar-refractivity contribution in [2.75, 3.05) is 36.1 Å². The molecule has 0 radical (unpaired) electrons. The van der Waals surface area contributed by atoms with Gasteiger partial charge in [0, 0.05) is 48.8 Å². The molecule has 0 aliphatic carbocycles. The summed E-state index contributed by atoms with van der Waals surface area (Å²) in [6.45, 7) is 3.50. The molecule has 1 aliphatic heterocycles. The number of nitrogens with zero attached hydrogens (tertiary/aromatic N) is 3. The Morgan fingerprint density at radius 1 is 1.35 bits per heavy atom. The Bertz CT molecular complexity index is 1170. The van der Waals surface area contributed by atoms with Crippen molar-refractivity contribution < 1.29 is 9.18 Å². The number of hydrogen-bond donors (Lipinski definition) is 4. The number of anilines is 3. The molecule has 1 aromatic carbocycles. The highest BCUT2D eigenvalue weighted by atomic mass is 19.1. The number of carbonyl (C=O) groups excluding carboxylic acids is 1. The van der Waals surface area contributed by atoms with E-state index < -0.39 is 11.7 Å². The van der Waals surface area contributed by atoms with E-state index in [9.17, 15) is 9.18 Å². The minimum atomic E-state index is -0.519. The molecule has 6 N–H and O–H groups in total. The number of halogens is 1. The number of likely N-dealkylation sites (N-methyl/N-ethyl adjacent to an activating group) is 1. The van der Waals surface area contributed by atoms with Crippen LogP contribution in [0.15, 0.2) is 36.8 Å². The summed E-state index contributed by atoms with van der Waals surface area (Å²) in [5.41, 5.74) is 15.5. The molecule has 1 aliphatic rings. The molecule has 2 aromatic heterocycles. The second kappa shape index (κ2) is 8.27. The number of amides is 1. The van der Waals surface area contributed by atoms with E-state index in [0.29, 0.717) is 34.2 Å². The van der Waals surface area contributed by atoms with Crippen LogP contribution in [0, 0.1) is 12.7 Å². The van der Waals surface area contributed by atoms with E-state index in [4.69, 9.17) is 11.5 Å². The molecule has 8 nitrogen and oxygen atoms in total. The SMILES string of the molecule is CNC1CCN(c2ccc(C(=O)Nc3cc(F)c4nc(C)cn4c3)c(N)c2/C=C\N)C1. The molecular formula is C22H26FN7O. The van der Waals surface area contributed by atoms with Crippen molar-refractivity contribution in [3.63, 3.8) is 0 Å². The zero-order valence-corrected chi connectivity index (χ0v) is 17.5. The molecule has 4 rings (SSSR count). The molecule has 0 bridgehead atoms. The number of imidazole rings is 1. The molecule has 1 amide bonds. The van der Waals surface area contributed by atoms with Gasteiger partial charge in [-0.25, -0.2) is 9.37 Å². The van der Waals surface area contributed by atoms with E-state index >= 15 is 0 Å². The van der Waals surface area contributed by atoms with Crippen molar-refractivity contribution in [1.29, 1.82) is 0 Å². The zero-order valence-electron chi connectivity index (χ0n) is 17.5. The average Bonchev–Trinajstić information content (AvgIpc) is 3.35. The first kappa shape index (κ1) is 20.7. The maximum atomic E-state index is 14.4. The van der Waals surface area contributed by atoms with Gasteiger partial charge in [-0.05, 0) is 44.8 Å². The van der Waals surface area contributed by atoms with Gasteiger partial charge in [0.05, 0.1) is 22.6 Å². The fraction of sp³-hybridized carbons (Fsp3) is 0.273. The normalized spacial score (nSPS) is 16.5. The Kier molecular flexibility index (Phi) is 5.51. The van der Waals surface area contributed by atoms with Gasteiger partial charge in [0.15, 0.2) is 11.5 Å². The van der Waals surface area contributed by atoms with Gasteiger partial charge in [-0.3, -0.25) is 4.79 Å². The van der Waals surface area contributed by atoms with Gasteiger partial charge < -0.3 is 31.4 Å². The first-order valence-corrected chi connectivity index (χ1v) is 10.1. The van der Waals surface area contributed by atoms with Crippen LogP contribution in [-0.4, -0.2) is 41.5 Å². The number of rotatable bonds is 5. The summed E-state index contributed by atoms with van der Waals surface area (Å²) in [7, 11) is 1.95. The molecule has 9 heteroatoms. The van der Waals surface area contributed by atoms with Crippen LogP contribution in [0.25, 0.3) is 11.7 Å². The number of nitrogen functional groups attached to an aromatic ring is 1. The Labute approximate surface area is 179 Å². The Morgan fingerprint density at radius 2 is 2.16 bits per heavy atom. The molecule has 3 heterocycles. The van der Waals surface area contributed by atoms with Crippen LogP contribution in [0.2, 0.25) is 0 Å². The molecule has 0 spiro atoms. The van der Waals surface area contributed by atoms with Crippen LogP contribution in [0.5, 0.6) is 0 Å². The molecule has 31 heavy (non-hydrogen) atoms. The summed E-state index contributed by atoms with van der Waals surface area (Å²) < 4.78 is 15.9. The van der Waals surface area contributed by atoms with Crippen LogP contribution in [0.3, 0.4) is 0 Å². The summed E-state index contributed by atoms with van der Waals surface area (Å²) in [4.78, 5) is 19.3. The summed E-state index contributed by atoms with van der Waals surface area (Å²) in [5.74, 6) is -0.949. The Hall–Kier alpha value is -3.59. The van der Waals surface area contributed by atoms with Crippen LogP contribution in [0.1, 0.15) is 28.0 Å². The van der Waals surface area contributed by atoms with Crippen molar-refractivity contribution in [3.05, 3.63) is 59.4 Å². The molecule has 1 saturated heterocycles. The number of hydrogen-bond acceptors (Lipinski definition) is 6. The van der Waals surface area contributed by atoms with Crippen molar-refractivity contribution >= 4 is 34.7 Å². The third kappa shape index (κ3) is 3.91. The highest BCUT2D eigenvalue weighted by Gasteiger charge is 2.25. The van der Waals surface area contributed by atoms with Crippen molar-refractivity contribution in [1.82, 2.24) is 14.7 Å². The Morgan fingerprint density at radius 3 is 2.87 bits per heavy atom. The number of carbonyl (C=O) groups is 1. The van der Waals surface area contributed by atoms with Gasteiger partial charge in [0.2, 0.25) is 0 Å². The summed E-state index contributed by atoms with van der Waals surface area (Å²) >= 11 is 0. The predicted molar refractivity (Wildman–Crippen MR) is 122 cm³/mol. The number of benzene rings is 1. The van der Waals surface area contributed by atoms with Crippen molar-refractivity contribution in [2.45, 2.75) is 19.4 Å². The molecule has 0 saturated carbocycles. The van der Waals surface area contributed by atoms with Crippen LogP contribution < -0.4 is 27.0 Å². The van der Waals surface area contributed by atoms with Gasteiger partial charge in [0.1, 0.15) is 0 Å². The van der Waals surface area contributed by atoms with E-state index in [1.54, 1.807) is 35.9 Å². The molecule has 1 unspecified atom stereocenters. The minimum Gasteiger partial charge on any atom is -0.405 e. The smallest absolute Gasteiger partial charge is 0.257 e. The topological polar surface area (TPSA) is 114 Å². The summed E-state index contributed by atoms with van der Waals surface area (Å²) in [6, 6.07) is 5.21. The van der Waals surface area contributed by atoms with Gasteiger partial charge in [0.25, 0.3) is 5.91 Å². The quantitative estimate of drug-likeness (QED) is 0.469. The second-order valence-corrected chi connectivity index (χ2v) is 7.68. The maximum absolute atomic E-state index is 14.4. The lowest BCUT2D eigenvalue weighted by molar-refractivity contribution is 0.102. The van der Waals surface area contributed by atoms with Gasteiger partial charge in [-0.1, -0.05) is 0 Å². The summed E-state index contributed by atoms with van der Waals surface area (Å²) in [6.07, 6.45) is 7.44. The summed E-state index contributed by atoms with van der Waals surface area (Å²) in [5, 5.41) is 6.02. The Balaban J connectivity index is 1.65. The van der Waals surface area contributed by atoms with Crippen molar-refractivity contribution in [3.8, 4) is 0 Å². The number of nitrogens with one attached hydrogen (secondary N) is 2. The van der Waals surface area contributed by atoms with E-state index in [1.165, 1.54) is 12.3 Å². The number of fused-ring (bicyclic) bond motifs is 1. The van der Waals surface area contributed by atoms with Gasteiger partial charge in [-0.15, -0.1) is 0 Å². The largest absolute Gasteiger partial charge is 0.405 e. The van der Waals surface area contributed by atoms with E-state index in [1.807, 2.05) is 13.1 Å². The minimum absolute atomic E-state index is 0.209. The highest BCUT2D eigenvalue weighted by Crippen LogP contribution is 2.33. The van der Waals surface area contributed by atoms with Gasteiger partial charge >= 0.3 is 0 Å². The van der Waals surface area contributed by atoms with Gasteiger partial charge in [-0.2, -0.15) is 0 Å². The lowest BCUT2D eigenvalue weighted by atomic mass is 10.0. The standard InChI is InChI=1S/C22H26FN7O/c1-13-10-30-12-15(9-18(23)21(30)27-13)28-22(31)17-3-4-19(16(5-7-24)20(17)25)29-8-6-14(11-29)26-2/h3-5,7,9-10,12,14,26H,6,8,11,24-25H2,1-2H3,(H,28,31)/b7-5-. The monoisotopic (exact) mass is 423 g/mol. The molecule has 3 aromatic rings. The number of aryl methyl sites for hydroxylation is 1. The fourth-order valence-electron chi connectivity index (χ4n) is 4.03. The second-order valence-electron chi connectivity index (χ2n) is 7.68. The number of pyridine rings is 1. The average molecular weight is 423 g/mol. The molecule has 162 valence electrons. The molecular weight excluding hydrogens is 397 g/mol. The number of nitrogens with two attached hydrogens (primary N) is 2. The first-order chi connectivity index (χ1) is 14.9. The third-order valence-electron chi connectivity index (χ3n) is 5.59. The predicted octanol–water partition coefficient (Wildman–Crippen LogP) is 2.34. The van der Waals surface area contributed by atoms with Crippen LogP contribution in [-0.2, 0) is 0 Å². The number of aromatic nitrogens is 2. The van der Waals surface area contributed by atoms with Crippen LogP contribution in [0.4, 0.5) is 21.5 Å².